The average molecular weight is 292 g/mol. The van der Waals surface area contributed by atoms with Crippen LogP contribution in [0, 0.1) is 11.2 Å². The molecule has 1 atom stereocenters. The van der Waals surface area contributed by atoms with Gasteiger partial charge in [-0.3, -0.25) is 0 Å². The Balaban J connectivity index is 1.51. The number of anilines is 1. The third-order valence-corrected chi connectivity index (χ3v) is 5.15. The summed E-state index contributed by atoms with van der Waals surface area (Å²) >= 11 is 0. The highest BCUT2D eigenvalue weighted by molar-refractivity contribution is 5.47. The molecular weight excluding hydrogens is 267 g/mol. The minimum absolute atomic E-state index is 0.114. The molecule has 1 aromatic carbocycles. The summed E-state index contributed by atoms with van der Waals surface area (Å²) in [6.45, 7) is 3.20. The van der Waals surface area contributed by atoms with Gasteiger partial charge in [-0.1, -0.05) is 12.8 Å². The van der Waals surface area contributed by atoms with Crippen molar-refractivity contribution in [3.63, 3.8) is 0 Å². The summed E-state index contributed by atoms with van der Waals surface area (Å²) < 4.78 is 13.0. The summed E-state index contributed by atoms with van der Waals surface area (Å²) in [5.74, 6) is -0.182. The van der Waals surface area contributed by atoms with Gasteiger partial charge in [0.05, 0.1) is 0 Å². The molecule has 1 aromatic rings. The van der Waals surface area contributed by atoms with E-state index in [1.807, 2.05) is 12.1 Å². The molecule has 21 heavy (non-hydrogen) atoms. The number of aliphatic hydroxyl groups excluding tert-OH is 1. The molecule has 0 unspecified atom stereocenters. The molecule has 0 aromatic heterocycles. The highest BCUT2D eigenvalue weighted by atomic mass is 19.1. The zero-order chi connectivity index (χ0) is 14.7. The van der Waals surface area contributed by atoms with Crippen molar-refractivity contribution in [2.75, 3.05) is 31.1 Å². The van der Waals surface area contributed by atoms with Gasteiger partial charge in [0.15, 0.2) is 0 Å². The van der Waals surface area contributed by atoms with E-state index in [2.05, 4.69) is 10.2 Å². The Morgan fingerprint density at radius 3 is 2.62 bits per heavy atom. The van der Waals surface area contributed by atoms with Gasteiger partial charge in [0.25, 0.3) is 0 Å². The van der Waals surface area contributed by atoms with Gasteiger partial charge in [-0.2, -0.15) is 0 Å². The predicted molar refractivity (Wildman–Crippen MR) is 83.0 cm³/mol. The zero-order valence-corrected chi connectivity index (χ0v) is 12.5. The minimum Gasteiger partial charge on any atom is -0.396 e. The number of halogens is 1. The first-order valence-corrected chi connectivity index (χ1v) is 8.06. The van der Waals surface area contributed by atoms with E-state index in [9.17, 15) is 9.50 Å². The van der Waals surface area contributed by atoms with Gasteiger partial charge in [-0.15, -0.1) is 0 Å². The maximum Gasteiger partial charge on any atom is 0.123 e. The van der Waals surface area contributed by atoms with Crippen molar-refractivity contribution in [1.82, 2.24) is 5.32 Å². The second kappa shape index (κ2) is 6.32. The summed E-state index contributed by atoms with van der Waals surface area (Å²) in [4.78, 5) is 2.30. The summed E-state index contributed by atoms with van der Waals surface area (Å²) in [7, 11) is 0. The second-order valence-electron chi connectivity index (χ2n) is 6.65. The second-order valence-corrected chi connectivity index (χ2v) is 6.65. The van der Waals surface area contributed by atoms with Gasteiger partial charge >= 0.3 is 0 Å². The maximum atomic E-state index is 13.0. The molecule has 0 amide bonds. The molecule has 1 aliphatic heterocycles. The third-order valence-electron chi connectivity index (χ3n) is 5.15. The summed E-state index contributed by atoms with van der Waals surface area (Å²) in [6, 6.07) is 7.22. The molecule has 0 radical (unpaired) electrons. The monoisotopic (exact) mass is 292 g/mol. The van der Waals surface area contributed by atoms with Crippen molar-refractivity contribution in [3.8, 4) is 0 Å². The number of benzene rings is 1. The van der Waals surface area contributed by atoms with Crippen LogP contribution in [-0.2, 0) is 0 Å². The van der Waals surface area contributed by atoms with Gasteiger partial charge in [0, 0.05) is 43.4 Å². The lowest BCUT2D eigenvalue weighted by atomic mass is 9.87. The van der Waals surface area contributed by atoms with Crippen LogP contribution in [0.4, 0.5) is 10.1 Å². The molecule has 0 bridgehead atoms. The van der Waals surface area contributed by atoms with Crippen molar-refractivity contribution in [2.45, 2.75) is 38.1 Å². The molecule has 3 rings (SSSR count). The number of nitrogens with one attached hydrogen (secondary N) is 1. The SMILES string of the molecule is OCC1(CN[C@@H]2CCN(c3ccc(F)cc3)C2)CCCC1. The van der Waals surface area contributed by atoms with Crippen LogP contribution in [0.15, 0.2) is 24.3 Å². The number of hydrogen-bond acceptors (Lipinski definition) is 3. The lowest BCUT2D eigenvalue weighted by Crippen LogP contribution is -2.41. The smallest absolute Gasteiger partial charge is 0.123 e. The molecule has 1 saturated heterocycles. The van der Waals surface area contributed by atoms with Crippen LogP contribution in [0.2, 0.25) is 0 Å². The number of hydrogen-bond donors (Lipinski definition) is 2. The molecule has 1 heterocycles. The van der Waals surface area contributed by atoms with E-state index in [0.29, 0.717) is 12.6 Å². The molecule has 3 nitrogen and oxygen atoms in total. The maximum absolute atomic E-state index is 13.0. The quantitative estimate of drug-likeness (QED) is 0.875. The summed E-state index contributed by atoms with van der Waals surface area (Å²) in [6.07, 6.45) is 5.89. The summed E-state index contributed by atoms with van der Waals surface area (Å²) in [5.41, 5.74) is 1.21. The molecule has 1 aliphatic carbocycles. The first kappa shape index (κ1) is 14.8. The third kappa shape index (κ3) is 3.38. The molecule has 2 aliphatic rings. The Kier molecular flexibility index (Phi) is 4.45. The molecule has 4 heteroatoms. The normalized spacial score (nSPS) is 24.7. The minimum atomic E-state index is -0.182. The molecular formula is C17H25FN2O. The number of rotatable bonds is 5. The van der Waals surface area contributed by atoms with E-state index in [1.165, 1.54) is 25.0 Å². The first-order valence-electron chi connectivity index (χ1n) is 8.06. The van der Waals surface area contributed by atoms with E-state index < -0.39 is 0 Å². The molecule has 2 fully saturated rings. The Bertz CT molecular complexity index is 456. The number of aliphatic hydroxyl groups is 1. The molecule has 1 saturated carbocycles. The van der Waals surface area contributed by atoms with Crippen LogP contribution in [0.25, 0.3) is 0 Å². The molecule has 116 valence electrons. The Morgan fingerprint density at radius 2 is 1.95 bits per heavy atom. The zero-order valence-electron chi connectivity index (χ0n) is 12.5. The largest absolute Gasteiger partial charge is 0.396 e. The van der Waals surface area contributed by atoms with E-state index in [-0.39, 0.29) is 11.2 Å². The van der Waals surface area contributed by atoms with Gasteiger partial charge < -0.3 is 15.3 Å². The lowest BCUT2D eigenvalue weighted by Gasteiger charge is -2.28. The Labute approximate surface area is 126 Å². The first-order chi connectivity index (χ1) is 10.2. The van der Waals surface area contributed by atoms with Crippen LogP contribution in [-0.4, -0.2) is 37.4 Å². The van der Waals surface area contributed by atoms with Crippen molar-refractivity contribution in [1.29, 1.82) is 0 Å². The van der Waals surface area contributed by atoms with Gasteiger partial charge in [0.1, 0.15) is 5.82 Å². The van der Waals surface area contributed by atoms with Gasteiger partial charge in [-0.25, -0.2) is 4.39 Å². The number of nitrogens with zero attached hydrogens (tertiary/aromatic N) is 1. The van der Waals surface area contributed by atoms with E-state index >= 15 is 0 Å². The fourth-order valence-corrected chi connectivity index (χ4v) is 3.69. The van der Waals surface area contributed by atoms with Crippen LogP contribution >= 0.6 is 0 Å². The molecule has 2 N–H and O–H groups in total. The topological polar surface area (TPSA) is 35.5 Å². The van der Waals surface area contributed by atoms with Crippen molar-refractivity contribution in [2.24, 2.45) is 5.41 Å². The van der Waals surface area contributed by atoms with Crippen molar-refractivity contribution in [3.05, 3.63) is 30.1 Å². The Morgan fingerprint density at radius 1 is 1.24 bits per heavy atom. The van der Waals surface area contributed by atoms with Crippen LogP contribution in [0.1, 0.15) is 32.1 Å². The highest BCUT2D eigenvalue weighted by Gasteiger charge is 2.34. The average Bonchev–Trinajstić information content (AvgIpc) is 3.16. The van der Waals surface area contributed by atoms with E-state index in [0.717, 1.165) is 44.6 Å². The van der Waals surface area contributed by atoms with Crippen LogP contribution in [0.5, 0.6) is 0 Å². The van der Waals surface area contributed by atoms with Crippen LogP contribution in [0.3, 0.4) is 0 Å². The predicted octanol–water partition coefficient (Wildman–Crippen LogP) is 2.55. The fourth-order valence-electron chi connectivity index (χ4n) is 3.69. The fraction of sp³-hybridized carbons (Fsp3) is 0.647. The van der Waals surface area contributed by atoms with Crippen LogP contribution < -0.4 is 10.2 Å². The lowest BCUT2D eigenvalue weighted by molar-refractivity contribution is 0.125. The molecule has 0 spiro atoms. The van der Waals surface area contributed by atoms with E-state index in [4.69, 9.17) is 0 Å². The van der Waals surface area contributed by atoms with Crippen molar-refractivity contribution < 1.29 is 9.50 Å². The van der Waals surface area contributed by atoms with Gasteiger partial charge in [0.2, 0.25) is 0 Å². The van der Waals surface area contributed by atoms with Gasteiger partial charge in [-0.05, 0) is 43.5 Å². The Hall–Kier alpha value is -1.13. The summed E-state index contributed by atoms with van der Waals surface area (Å²) in [5, 5.41) is 13.3. The van der Waals surface area contributed by atoms with Crippen molar-refractivity contribution >= 4 is 5.69 Å². The van der Waals surface area contributed by atoms with E-state index in [1.54, 1.807) is 0 Å². The highest BCUT2D eigenvalue weighted by Crippen LogP contribution is 2.37. The standard InChI is InChI=1S/C17H25FN2O/c18-14-3-5-16(6-4-14)20-10-7-15(11-20)19-12-17(13-21)8-1-2-9-17/h3-6,15,19,21H,1-2,7-13H2/t15-/m1/s1.